The highest BCUT2D eigenvalue weighted by Gasteiger charge is 2.20. The Morgan fingerprint density at radius 1 is 1.15 bits per heavy atom. The molecule has 0 aliphatic carbocycles. The second kappa shape index (κ2) is 5.34. The number of aromatic nitrogens is 4. The SMILES string of the molecule is Cc1cc(N2CCN(CCO)CC2)n2nc(C)nc2n1. The minimum absolute atomic E-state index is 0.223. The van der Waals surface area contributed by atoms with Crippen LogP contribution in [0.15, 0.2) is 6.07 Å². The van der Waals surface area contributed by atoms with Crippen LogP contribution in [-0.4, -0.2) is 68.9 Å². The number of β-amino-alcohol motifs (C(OH)–C–C–N with tert-alkyl or cyclic N) is 1. The molecular formula is C13H20N6O. The van der Waals surface area contributed by atoms with E-state index in [4.69, 9.17) is 5.11 Å². The Morgan fingerprint density at radius 2 is 1.90 bits per heavy atom. The zero-order chi connectivity index (χ0) is 14.1. The zero-order valence-electron chi connectivity index (χ0n) is 12.0. The number of hydrogen-bond donors (Lipinski definition) is 1. The zero-order valence-corrected chi connectivity index (χ0v) is 12.0. The van der Waals surface area contributed by atoms with E-state index >= 15 is 0 Å². The molecule has 0 atom stereocenters. The number of rotatable bonds is 3. The second-order valence-corrected chi connectivity index (χ2v) is 5.18. The molecule has 0 bridgehead atoms. The maximum atomic E-state index is 9.00. The highest BCUT2D eigenvalue weighted by molar-refractivity contribution is 5.48. The summed E-state index contributed by atoms with van der Waals surface area (Å²) in [6, 6.07) is 2.06. The van der Waals surface area contributed by atoms with Crippen molar-refractivity contribution in [3.8, 4) is 0 Å². The van der Waals surface area contributed by atoms with Crippen LogP contribution in [0.3, 0.4) is 0 Å². The summed E-state index contributed by atoms with van der Waals surface area (Å²) in [6.07, 6.45) is 0. The fraction of sp³-hybridized carbons (Fsp3) is 0.615. The summed E-state index contributed by atoms with van der Waals surface area (Å²) in [7, 11) is 0. The van der Waals surface area contributed by atoms with Gasteiger partial charge in [0.25, 0.3) is 5.78 Å². The molecule has 3 heterocycles. The fourth-order valence-electron chi connectivity index (χ4n) is 2.64. The molecule has 0 radical (unpaired) electrons. The summed E-state index contributed by atoms with van der Waals surface area (Å²) < 4.78 is 1.82. The standard InChI is InChI=1S/C13H20N6O/c1-10-9-12(19-13(14-10)15-11(2)16-19)18-5-3-17(4-6-18)7-8-20/h9,20H,3-8H2,1-2H3. The maximum Gasteiger partial charge on any atom is 0.254 e. The summed E-state index contributed by atoms with van der Waals surface area (Å²) >= 11 is 0. The predicted molar refractivity (Wildman–Crippen MR) is 76.0 cm³/mol. The van der Waals surface area contributed by atoms with E-state index < -0.39 is 0 Å². The van der Waals surface area contributed by atoms with Crippen molar-refractivity contribution >= 4 is 11.6 Å². The number of hydrogen-bond acceptors (Lipinski definition) is 6. The Morgan fingerprint density at radius 3 is 2.60 bits per heavy atom. The third-order valence-electron chi connectivity index (χ3n) is 3.64. The molecule has 1 aliphatic rings. The Bertz CT molecular complexity index is 602. The highest BCUT2D eigenvalue weighted by atomic mass is 16.3. The third-order valence-corrected chi connectivity index (χ3v) is 3.64. The van der Waals surface area contributed by atoms with Gasteiger partial charge < -0.3 is 10.0 Å². The van der Waals surface area contributed by atoms with Crippen molar-refractivity contribution in [1.82, 2.24) is 24.5 Å². The molecular weight excluding hydrogens is 256 g/mol. The molecule has 0 aromatic carbocycles. The first kappa shape index (κ1) is 13.3. The van der Waals surface area contributed by atoms with E-state index in [1.807, 2.05) is 18.4 Å². The van der Waals surface area contributed by atoms with Gasteiger partial charge in [-0.25, -0.2) is 4.98 Å². The molecule has 1 fully saturated rings. The highest BCUT2D eigenvalue weighted by Crippen LogP contribution is 2.18. The fourth-order valence-corrected chi connectivity index (χ4v) is 2.64. The molecule has 20 heavy (non-hydrogen) atoms. The Kier molecular flexibility index (Phi) is 3.54. The Hall–Kier alpha value is -1.73. The van der Waals surface area contributed by atoms with Gasteiger partial charge in [-0.3, -0.25) is 4.90 Å². The van der Waals surface area contributed by atoms with Crippen molar-refractivity contribution in [1.29, 1.82) is 0 Å². The lowest BCUT2D eigenvalue weighted by Crippen LogP contribution is -2.47. The van der Waals surface area contributed by atoms with Gasteiger partial charge in [-0.15, -0.1) is 5.10 Å². The van der Waals surface area contributed by atoms with E-state index in [1.54, 1.807) is 0 Å². The topological polar surface area (TPSA) is 69.8 Å². The summed E-state index contributed by atoms with van der Waals surface area (Å²) in [6.45, 7) is 8.60. The Labute approximate surface area is 117 Å². The van der Waals surface area contributed by atoms with Crippen LogP contribution in [0, 0.1) is 13.8 Å². The van der Waals surface area contributed by atoms with Crippen LogP contribution in [0.1, 0.15) is 11.5 Å². The molecule has 7 heteroatoms. The first-order valence-electron chi connectivity index (χ1n) is 6.96. The lowest BCUT2D eigenvalue weighted by atomic mass is 10.3. The van der Waals surface area contributed by atoms with Crippen molar-refractivity contribution in [2.24, 2.45) is 0 Å². The Balaban J connectivity index is 1.87. The molecule has 108 valence electrons. The van der Waals surface area contributed by atoms with Crippen molar-refractivity contribution in [2.75, 3.05) is 44.2 Å². The molecule has 1 saturated heterocycles. The van der Waals surface area contributed by atoms with Gasteiger partial charge in [-0.05, 0) is 13.8 Å². The van der Waals surface area contributed by atoms with Crippen LogP contribution in [0.4, 0.5) is 5.82 Å². The van der Waals surface area contributed by atoms with Crippen LogP contribution in [0.5, 0.6) is 0 Å². The van der Waals surface area contributed by atoms with E-state index in [1.165, 1.54) is 0 Å². The molecule has 3 rings (SSSR count). The van der Waals surface area contributed by atoms with Crippen LogP contribution in [0.25, 0.3) is 5.78 Å². The molecule has 1 aliphatic heterocycles. The van der Waals surface area contributed by atoms with Gasteiger partial charge in [-0.2, -0.15) is 9.50 Å². The summed E-state index contributed by atoms with van der Waals surface area (Å²) in [5.74, 6) is 2.45. The smallest absolute Gasteiger partial charge is 0.254 e. The summed E-state index contributed by atoms with van der Waals surface area (Å²) in [5.41, 5.74) is 0.956. The van der Waals surface area contributed by atoms with Crippen molar-refractivity contribution in [2.45, 2.75) is 13.8 Å². The minimum Gasteiger partial charge on any atom is -0.395 e. The maximum absolute atomic E-state index is 9.00. The number of piperazine rings is 1. The average Bonchev–Trinajstić information content (AvgIpc) is 2.79. The van der Waals surface area contributed by atoms with E-state index in [0.717, 1.165) is 50.1 Å². The molecule has 2 aromatic heterocycles. The molecule has 7 nitrogen and oxygen atoms in total. The van der Waals surface area contributed by atoms with E-state index in [-0.39, 0.29) is 6.61 Å². The number of anilines is 1. The summed E-state index contributed by atoms with van der Waals surface area (Å²) in [5, 5.41) is 13.4. The average molecular weight is 276 g/mol. The number of fused-ring (bicyclic) bond motifs is 1. The number of aliphatic hydroxyl groups is 1. The first-order valence-corrected chi connectivity index (χ1v) is 6.96. The lowest BCUT2D eigenvalue weighted by molar-refractivity contribution is 0.188. The number of nitrogens with zero attached hydrogens (tertiary/aromatic N) is 6. The molecule has 2 aromatic rings. The third kappa shape index (κ3) is 2.46. The minimum atomic E-state index is 0.223. The summed E-state index contributed by atoms with van der Waals surface area (Å²) in [4.78, 5) is 13.3. The van der Waals surface area contributed by atoms with Gasteiger partial charge in [0, 0.05) is 44.5 Å². The first-order chi connectivity index (χ1) is 9.67. The van der Waals surface area contributed by atoms with E-state index in [0.29, 0.717) is 5.78 Å². The van der Waals surface area contributed by atoms with Crippen LogP contribution < -0.4 is 4.90 Å². The number of aryl methyl sites for hydroxylation is 2. The van der Waals surface area contributed by atoms with Crippen LogP contribution in [0.2, 0.25) is 0 Å². The molecule has 1 N–H and O–H groups in total. The van der Waals surface area contributed by atoms with Gasteiger partial charge in [0.2, 0.25) is 0 Å². The van der Waals surface area contributed by atoms with Crippen molar-refractivity contribution < 1.29 is 5.11 Å². The van der Waals surface area contributed by atoms with Crippen molar-refractivity contribution in [3.63, 3.8) is 0 Å². The van der Waals surface area contributed by atoms with Gasteiger partial charge >= 0.3 is 0 Å². The molecule has 0 saturated carbocycles. The second-order valence-electron chi connectivity index (χ2n) is 5.18. The van der Waals surface area contributed by atoms with Crippen molar-refractivity contribution in [3.05, 3.63) is 17.6 Å². The van der Waals surface area contributed by atoms with Gasteiger partial charge in [0.05, 0.1) is 6.61 Å². The molecule has 0 unspecified atom stereocenters. The quantitative estimate of drug-likeness (QED) is 0.841. The lowest BCUT2D eigenvalue weighted by Gasteiger charge is -2.35. The van der Waals surface area contributed by atoms with E-state index in [9.17, 15) is 0 Å². The van der Waals surface area contributed by atoms with Gasteiger partial charge in [-0.1, -0.05) is 0 Å². The number of aliphatic hydroxyl groups excluding tert-OH is 1. The predicted octanol–water partition coefficient (Wildman–Crippen LogP) is -0.145. The van der Waals surface area contributed by atoms with E-state index in [2.05, 4.69) is 30.9 Å². The molecule has 0 amide bonds. The van der Waals surface area contributed by atoms with Gasteiger partial charge in [0.15, 0.2) is 0 Å². The van der Waals surface area contributed by atoms with Crippen LogP contribution >= 0.6 is 0 Å². The van der Waals surface area contributed by atoms with Crippen LogP contribution in [-0.2, 0) is 0 Å². The van der Waals surface area contributed by atoms with Gasteiger partial charge in [0.1, 0.15) is 11.6 Å². The monoisotopic (exact) mass is 276 g/mol. The normalized spacial score (nSPS) is 17.1. The largest absolute Gasteiger partial charge is 0.395 e. The molecule has 0 spiro atoms.